The van der Waals surface area contributed by atoms with E-state index in [1.165, 1.54) is 12.1 Å². The Morgan fingerprint density at radius 3 is 2.46 bits per heavy atom. The summed E-state index contributed by atoms with van der Waals surface area (Å²) in [5, 5.41) is -0.104. The lowest BCUT2D eigenvalue weighted by Crippen LogP contribution is -2.03. The van der Waals surface area contributed by atoms with Crippen LogP contribution in [0.1, 0.15) is 0 Å². The Balaban J connectivity index is 3.10. The molecule has 1 rings (SSSR count). The molecular formula is C7H5Cl2F2NO. The fourth-order valence-electron chi connectivity index (χ4n) is 0.745. The van der Waals surface area contributed by atoms with Crippen molar-refractivity contribution in [2.24, 2.45) is 0 Å². The molecule has 0 radical (unpaired) electrons. The molecule has 0 saturated carbocycles. The van der Waals surface area contributed by atoms with Crippen molar-refractivity contribution in [2.75, 3.05) is 5.73 Å². The van der Waals surface area contributed by atoms with Crippen molar-refractivity contribution in [3.63, 3.8) is 0 Å². The molecule has 72 valence electrons. The van der Waals surface area contributed by atoms with Crippen LogP contribution in [0.25, 0.3) is 0 Å². The van der Waals surface area contributed by atoms with Crippen molar-refractivity contribution < 1.29 is 13.5 Å². The molecule has 0 fully saturated rings. The molecule has 1 aromatic rings. The first-order valence-electron chi connectivity index (χ1n) is 3.20. The first-order valence-corrected chi connectivity index (χ1v) is 3.96. The van der Waals surface area contributed by atoms with Crippen LogP contribution in [0.15, 0.2) is 12.1 Å². The Kier molecular flexibility index (Phi) is 3.17. The Bertz CT molecular complexity index is 320. The van der Waals surface area contributed by atoms with Crippen LogP contribution in [0, 0.1) is 0 Å². The average Bonchev–Trinajstić information content (AvgIpc) is 2.05. The largest absolute Gasteiger partial charge is 0.432 e. The van der Waals surface area contributed by atoms with E-state index in [1.807, 2.05) is 0 Å². The number of halogens is 4. The average molecular weight is 228 g/mol. The minimum atomic E-state index is -2.98. The number of ether oxygens (including phenoxy) is 1. The molecule has 0 heterocycles. The Hall–Kier alpha value is -0.740. The van der Waals surface area contributed by atoms with Crippen molar-refractivity contribution in [3.8, 4) is 5.75 Å². The van der Waals surface area contributed by atoms with Gasteiger partial charge in [-0.2, -0.15) is 8.78 Å². The van der Waals surface area contributed by atoms with E-state index >= 15 is 0 Å². The van der Waals surface area contributed by atoms with Gasteiger partial charge in [0.1, 0.15) is 5.02 Å². The lowest BCUT2D eigenvalue weighted by atomic mass is 10.3. The summed E-state index contributed by atoms with van der Waals surface area (Å²) in [6.07, 6.45) is 0. The van der Waals surface area contributed by atoms with E-state index in [0.717, 1.165) is 0 Å². The van der Waals surface area contributed by atoms with Crippen LogP contribution in [0.2, 0.25) is 10.0 Å². The van der Waals surface area contributed by atoms with Crippen LogP contribution < -0.4 is 10.5 Å². The van der Waals surface area contributed by atoms with E-state index < -0.39 is 6.61 Å². The molecular weight excluding hydrogens is 223 g/mol. The first-order chi connectivity index (χ1) is 6.02. The van der Waals surface area contributed by atoms with E-state index in [2.05, 4.69) is 4.74 Å². The fourth-order valence-corrected chi connectivity index (χ4v) is 1.20. The summed E-state index contributed by atoms with van der Waals surface area (Å²) in [4.78, 5) is 0. The third-order valence-electron chi connectivity index (χ3n) is 1.29. The zero-order chi connectivity index (χ0) is 10.0. The number of nitrogen functional groups attached to an aromatic ring is 1. The lowest BCUT2D eigenvalue weighted by Gasteiger charge is -2.09. The maximum atomic E-state index is 11.8. The minimum absolute atomic E-state index is 0.000463. The molecule has 0 aromatic heterocycles. The van der Waals surface area contributed by atoms with E-state index in [4.69, 9.17) is 28.9 Å². The second kappa shape index (κ2) is 3.98. The molecule has 0 aliphatic carbocycles. The van der Waals surface area contributed by atoms with Gasteiger partial charge in [-0.25, -0.2) is 0 Å². The third-order valence-corrected chi connectivity index (χ3v) is 1.97. The lowest BCUT2D eigenvalue weighted by molar-refractivity contribution is -0.0496. The molecule has 13 heavy (non-hydrogen) atoms. The maximum absolute atomic E-state index is 11.8. The van der Waals surface area contributed by atoms with E-state index in [1.54, 1.807) is 0 Å². The van der Waals surface area contributed by atoms with Crippen LogP contribution in [0.5, 0.6) is 5.75 Å². The molecule has 0 aliphatic rings. The fraction of sp³-hybridized carbons (Fsp3) is 0.143. The van der Waals surface area contributed by atoms with Gasteiger partial charge >= 0.3 is 6.61 Å². The summed E-state index contributed by atoms with van der Waals surface area (Å²) in [5.74, 6) is -0.293. The summed E-state index contributed by atoms with van der Waals surface area (Å²) in [7, 11) is 0. The van der Waals surface area contributed by atoms with Gasteiger partial charge < -0.3 is 10.5 Å². The highest BCUT2D eigenvalue weighted by molar-refractivity contribution is 6.38. The van der Waals surface area contributed by atoms with Gasteiger partial charge in [0, 0.05) is 0 Å². The minimum Gasteiger partial charge on any atom is -0.432 e. The van der Waals surface area contributed by atoms with Gasteiger partial charge in [0.05, 0.1) is 10.7 Å². The van der Waals surface area contributed by atoms with Crippen molar-refractivity contribution in [1.82, 2.24) is 0 Å². The first kappa shape index (κ1) is 10.3. The molecule has 0 unspecified atom stereocenters. The Morgan fingerprint density at radius 2 is 1.92 bits per heavy atom. The molecule has 6 heteroatoms. The number of benzene rings is 1. The highest BCUT2D eigenvalue weighted by Crippen LogP contribution is 2.37. The number of hydrogen-bond donors (Lipinski definition) is 1. The summed E-state index contributed by atoms with van der Waals surface area (Å²) in [5.41, 5.74) is 5.49. The van der Waals surface area contributed by atoms with Gasteiger partial charge in [-0.15, -0.1) is 0 Å². The molecule has 0 aliphatic heterocycles. The zero-order valence-corrected chi connectivity index (χ0v) is 7.74. The zero-order valence-electron chi connectivity index (χ0n) is 6.23. The molecule has 0 spiro atoms. The molecule has 0 bridgehead atoms. The van der Waals surface area contributed by atoms with Gasteiger partial charge in [0.15, 0.2) is 5.75 Å². The molecule has 2 nitrogen and oxygen atoms in total. The monoisotopic (exact) mass is 227 g/mol. The van der Waals surface area contributed by atoms with Gasteiger partial charge in [-0.3, -0.25) is 0 Å². The van der Waals surface area contributed by atoms with Gasteiger partial charge in [0.25, 0.3) is 0 Å². The number of anilines is 1. The van der Waals surface area contributed by atoms with Crippen molar-refractivity contribution in [2.45, 2.75) is 6.61 Å². The summed E-state index contributed by atoms with van der Waals surface area (Å²) in [6.45, 7) is -2.98. The van der Waals surface area contributed by atoms with Crippen LogP contribution in [-0.4, -0.2) is 6.61 Å². The SMILES string of the molecule is Nc1ccc(Cl)c(OC(F)F)c1Cl. The summed E-state index contributed by atoms with van der Waals surface area (Å²) >= 11 is 11.1. The molecule has 0 amide bonds. The van der Waals surface area contributed by atoms with Crippen LogP contribution in [0.3, 0.4) is 0 Å². The molecule has 1 aromatic carbocycles. The third kappa shape index (κ3) is 2.35. The van der Waals surface area contributed by atoms with Crippen LogP contribution in [0.4, 0.5) is 14.5 Å². The van der Waals surface area contributed by atoms with E-state index in [0.29, 0.717) is 0 Å². The van der Waals surface area contributed by atoms with Gasteiger partial charge in [-0.1, -0.05) is 23.2 Å². The number of hydrogen-bond acceptors (Lipinski definition) is 2. The highest BCUT2D eigenvalue weighted by atomic mass is 35.5. The smallest absolute Gasteiger partial charge is 0.387 e. The quantitative estimate of drug-likeness (QED) is 0.789. The van der Waals surface area contributed by atoms with E-state index in [9.17, 15) is 8.78 Å². The molecule has 2 N–H and O–H groups in total. The van der Waals surface area contributed by atoms with E-state index in [-0.39, 0.29) is 21.5 Å². The normalized spacial score (nSPS) is 10.5. The van der Waals surface area contributed by atoms with Crippen molar-refractivity contribution in [3.05, 3.63) is 22.2 Å². The second-order valence-corrected chi connectivity index (χ2v) is 2.94. The predicted molar refractivity (Wildman–Crippen MR) is 47.5 cm³/mol. The van der Waals surface area contributed by atoms with Crippen molar-refractivity contribution in [1.29, 1.82) is 0 Å². The molecule has 0 atom stereocenters. The standard InChI is InChI=1S/C7H5Cl2F2NO/c8-3-1-2-4(12)5(9)6(3)13-7(10)11/h1-2,7H,12H2. The topological polar surface area (TPSA) is 35.2 Å². The van der Waals surface area contributed by atoms with Gasteiger partial charge in [0.2, 0.25) is 0 Å². The summed E-state index contributed by atoms with van der Waals surface area (Å²) in [6, 6.07) is 2.74. The number of rotatable bonds is 2. The molecule has 0 saturated heterocycles. The summed E-state index contributed by atoms with van der Waals surface area (Å²) < 4.78 is 27.7. The second-order valence-electron chi connectivity index (χ2n) is 2.16. The number of alkyl halides is 2. The Labute approximate surface area is 83.2 Å². The Morgan fingerprint density at radius 1 is 1.31 bits per heavy atom. The highest BCUT2D eigenvalue weighted by Gasteiger charge is 2.14. The number of nitrogens with two attached hydrogens (primary N) is 1. The maximum Gasteiger partial charge on any atom is 0.387 e. The van der Waals surface area contributed by atoms with Gasteiger partial charge in [-0.05, 0) is 12.1 Å². The van der Waals surface area contributed by atoms with Crippen LogP contribution in [-0.2, 0) is 0 Å². The predicted octanol–water partition coefficient (Wildman–Crippen LogP) is 3.18. The van der Waals surface area contributed by atoms with Crippen LogP contribution >= 0.6 is 23.2 Å². The van der Waals surface area contributed by atoms with Crippen molar-refractivity contribution >= 4 is 28.9 Å².